The molecule has 0 N–H and O–H groups in total. The summed E-state index contributed by atoms with van der Waals surface area (Å²) in [7, 11) is 0. The van der Waals surface area contributed by atoms with Crippen LogP contribution >= 0.6 is 0 Å². The molecule has 4 aromatic rings. The molecular weight excluding hydrogens is 544 g/mol. The third-order valence-corrected chi connectivity index (χ3v) is 7.74. The van der Waals surface area contributed by atoms with Crippen molar-refractivity contribution in [2.45, 2.75) is 45.8 Å². The first-order valence-electron chi connectivity index (χ1n) is 13.7. The van der Waals surface area contributed by atoms with Crippen molar-refractivity contribution in [3.05, 3.63) is 76.8 Å². The maximum absolute atomic E-state index is 16.0. The lowest BCUT2D eigenvalue weighted by Crippen LogP contribution is -2.54. The Balaban J connectivity index is 1.70. The Morgan fingerprint density at radius 1 is 1.14 bits per heavy atom. The minimum absolute atomic E-state index is 0.0828. The monoisotopic (exact) mass is 573 g/mol. The molecule has 3 aromatic heterocycles. The lowest BCUT2D eigenvalue weighted by Gasteiger charge is -2.40. The summed E-state index contributed by atoms with van der Waals surface area (Å²) in [5.41, 5.74) is 0.209. The Labute approximate surface area is 240 Å². The van der Waals surface area contributed by atoms with Crippen LogP contribution in [0.15, 0.2) is 48.0 Å². The van der Waals surface area contributed by atoms with Crippen molar-refractivity contribution < 1.29 is 18.3 Å². The maximum atomic E-state index is 16.0. The van der Waals surface area contributed by atoms with Gasteiger partial charge in [-0.3, -0.25) is 4.79 Å². The second kappa shape index (κ2) is 10.3. The zero-order valence-electron chi connectivity index (χ0n) is 23.6. The maximum Gasteiger partial charge on any atom is 0.355 e. The van der Waals surface area contributed by atoms with Crippen molar-refractivity contribution in [3.8, 4) is 22.7 Å². The van der Waals surface area contributed by atoms with Crippen molar-refractivity contribution in [1.29, 1.82) is 0 Å². The second-order valence-electron chi connectivity index (χ2n) is 10.8. The zero-order chi connectivity index (χ0) is 29.9. The number of amides is 1. The van der Waals surface area contributed by atoms with E-state index in [1.807, 2.05) is 25.7 Å². The molecule has 1 amide bonds. The van der Waals surface area contributed by atoms with Crippen molar-refractivity contribution in [1.82, 2.24) is 29.4 Å². The number of nitrogens with zero attached hydrogens (tertiary/aromatic N) is 7. The van der Waals surface area contributed by atoms with Gasteiger partial charge in [0.25, 0.3) is 0 Å². The molecule has 0 aliphatic carbocycles. The molecular formula is C30H29F2N7O3. The van der Waals surface area contributed by atoms with Crippen LogP contribution in [0.2, 0.25) is 0 Å². The number of carbonyl (C=O) groups excluding carboxylic acids is 1. The van der Waals surface area contributed by atoms with Gasteiger partial charge in [-0.2, -0.15) is 4.98 Å². The number of hydrogen-bond acceptors (Lipinski definition) is 8. The first kappa shape index (κ1) is 27.4. The summed E-state index contributed by atoms with van der Waals surface area (Å²) >= 11 is 0. The standard InChI is InChI=1S/C30H29F2N7O3/c1-6-22(40)37-10-11-38(16(4)13-37)28-18-12-20(32)26-23-19(31)8-7-9-21(23)42-17(5)25-27(24(15(2)3)33-14-34-25)39(29(18)35-26)30(41)36-28/h6-9,12,14-17H,1,10-11,13H2,2-5H3/t16-,17?/m0/s1. The molecule has 12 heteroatoms. The number of benzene rings is 1. The van der Waals surface area contributed by atoms with Gasteiger partial charge in [0.1, 0.15) is 41.2 Å². The molecule has 1 aromatic carbocycles. The zero-order valence-corrected chi connectivity index (χ0v) is 23.6. The molecule has 10 nitrogen and oxygen atoms in total. The minimum atomic E-state index is -0.805. The van der Waals surface area contributed by atoms with Crippen LogP contribution in [-0.2, 0) is 4.79 Å². The smallest absolute Gasteiger partial charge is 0.355 e. The molecule has 1 saturated heterocycles. The highest BCUT2D eigenvalue weighted by Crippen LogP contribution is 2.40. The number of carbonyl (C=O) groups is 1. The van der Waals surface area contributed by atoms with Crippen molar-refractivity contribution in [3.63, 3.8) is 0 Å². The summed E-state index contributed by atoms with van der Waals surface area (Å²) < 4.78 is 38.8. The fraction of sp³-hybridized carbons (Fsp3) is 0.333. The number of aromatic nitrogens is 5. The van der Waals surface area contributed by atoms with Gasteiger partial charge in [-0.05, 0) is 44.0 Å². The molecule has 1 fully saturated rings. The molecule has 2 aliphatic rings. The quantitative estimate of drug-likeness (QED) is 0.334. The number of anilines is 1. The number of fused-ring (bicyclic) bond motifs is 5. The predicted octanol–water partition coefficient (Wildman–Crippen LogP) is 4.32. The highest BCUT2D eigenvalue weighted by Gasteiger charge is 2.33. The number of piperazine rings is 1. The van der Waals surface area contributed by atoms with E-state index in [4.69, 9.17) is 4.74 Å². The van der Waals surface area contributed by atoms with E-state index in [1.165, 1.54) is 35.2 Å². The van der Waals surface area contributed by atoms with E-state index in [9.17, 15) is 9.59 Å². The van der Waals surface area contributed by atoms with Gasteiger partial charge in [0, 0.05) is 25.7 Å². The van der Waals surface area contributed by atoms with Gasteiger partial charge in [-0.15, -0.1) is 0 Å². The first-order valence-corrected chi connectivity index (χ1v) is 13.7. The summed E-state index contributed by atoms with van der Waals surface area (Å²) in [6, 6.07) is 5.19. The van der Waals surface area contributed by atoms with Crippen LogP contribution in [0.1, 0.15) is 51.1 Å². The molecule has 0 radical (unpaired) electrons. The second-order valence-corrected chi connectivity index (χ2v) is 10.8. The van der Waals surface area contributed by atoms with E-state index in [2.05, 4.69) is 26.5 Å². The molecule has 2 aliphatic heterocycles. The molecule has 1 unspecified atom stereocenters. The molecule has 0 saturated carbocycles. The lowest BCUT2D eigenvalue weighted by atomic mass is 10.0. The van der Waals surface area contributed by atoms with Crippen LogP contribution in [0.3, 0.4) is 0 Å². The van der Waals surface area contributed by atoms with Gasteiger partial charge in [0.05, 0.1) is 22.3 Å². The summed E-state index contributed by atoms with van der Waals surface area (Å²) in [6.45, 7) is 12.1. The fourth-order valence-electron chi connectivity index (χ4n) is 5.74. The van der Waals surface area contributed by atoms with Crippen molar-refractivity contribution >= 4 is 22.8 Å². The van der Waals surface area contributed by atoms with Gasteiger partial charge in [-0.25, -0.2) is 33.1 Å². The van der Waals surface area contributed by atoms with E-state index in [1.54, 1.807) is 17.9 Å². The predicted molar refractivity (Wildman–Crippen MR) is 153 cm³/mol. The summed E-state index contributed by atoms with van der Waals surface area (Å²) in [5.74, 6) is -1.56. The SMILES string of the molecule is C=CC(=O)N1CCN(c2nc(=O)n3c4nc(c(F)cc24)-c2c(F)cccc2OC(C)c2ncnc(C(C)C)c2-3)[C@@H](C)C1. The summed E-state index contributed by atoms with van der Waals surface area (Å²) in [5, 5.41) is 0.253. The average Bonchev–Trinajstić information content (AvgIpc) is 2.96. The van der Waals surface area contributed by atoms with Crippen LogP contribution in [0, 0.1) is 11.6 Å². The first-order chi connectivity index (χ1) is 20.1. The van der Waals surface area contributed by atoms with Crippen molar-refractivity contribution in [2.24, 2.45) is 0 Å². The van der Waals surface area contributed by atoms with E-state index in [-0.39, 0.29) is 51.7 Å². The minimum Gasteiger partial charge on any atom is -0.484 e. The highest BCUT2D eigenvalue weighted by molar-refractivity contribution is 5.91. The molecule has 2 bridgehead atoms. The molecule has 0 spiro atoms. The average molecular weight is 574 g/mol. The van der Waals surface area contributed by atoms with Crippen LogP contribution in [-0.4, -0.2) is 61.0 Å². The molecule has 6 rings (SSSR count). The lowest BCUT2D eigenvalue weighted by molar-refractivity contribution is -0.126. The largest absolute Gasteiger partial charge is 0.484 e. The third kappa shape index (κ3) is 4.29. The van der Waals surface area contributed by atoms with Crippen molar-refractivity contribution in [2.75, 3.05) is 24.5 Å². The number of halogens is 2. The normalized spacial score (nSPS) is 18.1. The van der Waals surface area contributed by atoms with Crippen LogP contribution in [0.4, 0.5) is 14.6 Å². The van der Waals surface area contributed by atoms with Gasteiger partial charge in [0.15, 0.2) is 11.5 Å². The number of rotatable bonds is 3. The van der Waals surface area contributed by atoms with Crippen LogP contribution in [0.5, 0.6) is 5.75 Å². The Hall–Kier alpha value is -4.74. The molecule has 216 valence electrons. The van der Waals surface area contributed by atoms with E-state index in [0.717, 1.165) is 0 Å². The van der Waals surface area contributed by atoms with Gasteiger partial charge in [0.2, 0.25) is 5.91 Å². The molecule has 5 heterocycles. The van der Waals surface area contributed by atoms with Gasteiger partial charge < -0.3 is 14.5 Å². The van der Waals surface area contributed by atoms with Crippen LogP contribution in [0.25, 0.3) is 28.0 Å². The van der Waals surface area contributed by atoms with Crippen LogP contribution < -0.4 is 15.3 Å². The summed E-state index contributed by atoms with van der Waals surface area (Å²) in [4.78, 5) is 47.8. The van der Waals surface area contributed by atoms with Gasteiger partial charge in [-0.1, -0.05) is 26.5 Å². The fourth-order valence-corrected chi connectivity index (χ4v) is 5.74. The number of pyridine rings is 1. The number of hydrogen-bond donors (Lipinski definition) is 0. The summed E-state index contributed by atoms with van der Waals surface area (Å²) in [6.07, 6.45) is 1.88. The molecule has 2 atom stereocenters. The third-order valence-electron chi connectivity index (χ3n) is 7.74. The Morgan fingerprint density at radius 2 is 1.93 bits per heavy atom. The molecule has 42 heavy (non-hydrogen) atoms. The number of ether oxygens (including phenoxy) is 1. The Kier molecular flexibility index (Phi) is 6.71. The highest BCUT2D eigenvalue weighted by atomic mass is 19.1. The van der Waals surface area contributed by atoms with Gasteiger partial charge >= 0.3 is 5.69 Å². The Bertz CT molecular complexity index is 1820. The Morgan fingerprint density at radius 3 is 2.64 bits per heavy atom. The van der Waals surface area contributed by atoms with E-state index < -0.39 is 23.4 Å². The topological polar surface area (TPSA) is 106 Å². The van der Waals surface area contributed by atoms with E-state index in [0.29, 0.717) is 36.7 Å². The van der Waals surface area contributed by atoms with E-state index >= 15 is 8.78 Å².